The van der Waals surface area contributed by atoms with Gasteiger partial charge in [0.2, 0.25) is 0 Å². The van der Waals surface area contributed by atoms with Crippen LogP contribution < -0.4 is 5.73 Å². The van der Waals surface area contributed by atoms with Gasteiger partial charge in [0.25, 0.3) is 0 Å². The molecule has 0 aliphatic rings. The molecule has 0 aliphatic carbocycles. The van der Waals surface area contributed by atoms with Crippen LogP contribution >= 0.6 is 11.8 Å². The van der Waals surface area contributed by atoms with Crippen LogP contribution in [0.5, 0.6) is 0 Å². The van der Waals surface area contributed by atoms with Crippen LogP contribution in [0.3, 0.4) is 0 Å². The number of thioether (sulfide) groups is 1. The van der Waals surface area contributed by atoms with Crippen LogP contribution in [0.2, 0.25) is 0 Å². The van der Waals surface area contributed by atoms with Crippen molar-refractivity contribution in [3.05, 3.63) is 23.8 Å². The summed E-state index contributed by atoms with van der Waals surface area (Å²) in [6.45, 7) is 4.35. The van der Waals surface area contributed by atoms with E-state index in [2.05, 4.69) is 32.0 Å². The number of rotatable bonds is 10. The fourth-order valence-corrected chi connectivity index (χ4v) is 3.26. The van der Waals surface area contributed by atoms with E-state index >= 15 is 0 Å². The molecule has 2 heteroatoms. The maximum Gasteiger partial charge on any atom is 0.0481 e. The van der Waals surface area contributed by atoms with Crippen LogP contribution in [0.15, 0.2) is 23.1 Å². The molecule has 0 atom stereocenters. The molecule has 108 valence electrons. The summed E-state index contributed by atoms with van der Waals surface area (Å²) in [5, 5.41) is 0. The topological polar surface area (TPSA) is 26.0 Å². The van der Waals surface area contributed by atoms with E-state index in [0.29, 0.717) is 0 Å². The summed E-state index contributed by atoms with van der Waals surface area (Å²) in [5.41, 5.74) is 8.23. The SMILES string of the molecule is CCCCCCCCCCSc1cccc(C)c1N. The summed E-state index contributed by atoms with van der Waals surface area (Å²) in [5.74, 6) is 1.20. The number of anilines is 1. The number of benzene rings is 1. The second-order valence-corrected chi connectivity index (χ2v) is 6.45. The molecule has 0 aliphatic heterocycles. The Labute approximate surface area is 123 Å². The first-order valence-corrected chi connectivity index (χ1v) is 8.72. The molecule has 1 aromatic carbocycles. The minimum Gasteiger partial charge on any atom is -0.398 e. The minimum absolute atomic E-state index is 0.965. The number of nitrogen functional groups attached to an aromatic ring is 1. The summed E-state index contributed by atoms with van der Waals surface area (Å²) < 4.78 is 0. The Bertz CT molecular complexity index is 349. The number of aryl methyl sites for hydroxylation is 1. The zero-order valence-electron chi connectivity index (χ0n) is 12.6. The molecule has 2 N–H and O–H groups in total. The van der Waals surface area contributed by atoms with Gasteiger partial charge in [-0.1, -0.05) is 64.0 Å². The molecule has 0 spiro atoms. The fraction of sp³-hybridized carbons (Fsp3) is 0.647. The number of para-hydroxylation sites is 1. The number of unbranched alkanes of at least 4 members (excludes halogenated alkanes) is 7. The Morgan fingerprint density at radius 1 is 0.947 bits per heavy atom. The van der Waals surface area contributed by atoms with E-state index in [0.717, 1.165) is 5.69 Å². The molecule has 0 amide bonds. The lowest BCUT2D eigenvalue weighted by atomic mass is 10.1. The Morgan fingerprint density at radius 2 is 1.58 bits per heavy atom. The van der Waals surface area contributed by atoms with Gasteiger partial charge in [-0.15, -0.1) is 11.8 Å². The molecule has 19 heavy (non-hydrogen) atoms. The summed E-state index contributed by atoms with van der Waals surface area (Å²) in [6.07, 6.45) is 11.1. The van der Waals surface area contributed by atoms with Gasteiger partial charge in [0.15, 0.2) is 0 Å². The molecule has 1 nitrogen and oxygen atoms in total. The number of hydrogen-bond acceptors (Lipinski definition) is 2. The molecule has 1 aromatic rings. The molecular weight excluding hydrogens is 250 g/mol. The minimum atomic E-state index is 0.965. The standard InChI is InChI=1S/C17H29NS/c1-3-4-5-6-7-8-9-10-14-19-16-13-11-12-15(2)17(16)18/h11-13H,3-10,14,18H2,1-2H3. The van der Waals surface area contributed by atoms with Gasteiger partial charge in [-0.25, -0.2) is 0 Å². The summed E-state index contributed by atoms with van der Waals surface area (Å²) >= 11 is 1.91. The van der Waals surface area contributed by atoms with E-state index in [1.54, 1.807) is 0 Å². The lowest BCUT2D eigenvalue weighted by Crippen LogP contribution is -1.92. The van der Waals surface area contributed by atoms with Crippen molar-refractivity contribution >= 4 is 17.4 Å². The second-order valence-electron chi connectivity index (χ2n) is 5.31. The lowest BCUT2D eigenvalue weighted by molar-refractivity contribution is 0.586. The van der Waals surface area contributed by atoms with Crippen molar-refractivity contribution in [2.24, 2.45) is 0 Å². The predicted octanol–water partition coefficient (Wildman–Crippen LogP) is 5.81. The lowest BCUT2D eigenvalue weighted by Gasteiger charge is -2.07. The smallest absolute Gasteiger partial charge is 0.0481 e. The van der Waals surface area contributed by atoms with Gasteiger partial charge in [0, 0.05) is 10.6 Å². The highest BCUT2D eigenvalue weighted by atomic mass is 32.2. The van der Waals surface area contributed by atoms with Gasteiger partial charge >= 0.3 is 0 Å². The zero-order chi connectivity index (χ0) is 13.9. The molecule has 0 saturated carbocycles. The van der Waals surface area contributed by atoms with Gasteiger partial charge in [-0.05, 0) is 30.7 Å². The Hall–Kier alpha value is -0.630. The normalized spacial score (nSPS) is 10.8. The fourth-order valence-electron chi connectivity index (χ4n) is 2.20. The van der Waals surface area contributed by atoms with Crippen LogP contribution in [-0.4, -0.2) is 5.75 Å². The van der Waals surface area contributed by atoms with Crippen LogP contribution in [0, 0.1) is 6.92 Å². The number of hydrogen-bond donors (Lipinski definition) is 1. The molecule has 0 heterocycles. The third-order valence-electron chi connectivity index (χ3n) is 3.54. The van der Waals surface area contributed by atoms with Crippen LogP contribution in [-0.2, 0) is 0 Å². The van der Waals surface area contributed by atoms with Crippen molar-refractivity contribution < 1.29 is 0 Å². The van der Waals surface area contributed by atoms with Crippen LogP contribution in [0.25, 0.3) is 0 Å². The maximum absolute atomic E-state index is 6.07. The van der Waals surface area contributed by atoms with Crippen molar-refractivity contribution in [3.8, 4) is 0 Å². The molecular formula is C17H29NS. The average molecular weight is 279 g/mol. The van der Waals surface area contributed by atoms with Gasteiger partial charge in [-0.3, -0.25) is 0 Å². The van der Waals surface area contributed by atoms with Gasteiger partial charge in [0.1, 0.15) is 0 Å². The van der Waals surface area contributed by atoms with E-state index in [1.807, 2.05) is 11.8 Å². The molecule has 0 aromatic heterocycles. The second kappa shape index (κ2) is 10.2. The Kier molecular flexibility index (Phi) is 8.81. The molecule has 0 bridgehead atoms. The predicted molar refractivity (Wildman–Crippen MR) is 88.9 cm³/mol. The Balaban J connectivity index is 2.03. The molecule has 1 rings (SSSR count). The first-order valence-electron chi connectivity index (χ1n) is 7.73. The third-order valence-corrected chi connectivity index (χ3v) is 4.70. The van der Waals surface area contributed by atoms with E-state index in [-0.39, 0.29) is 0 Å². The van der Waals surface area contributed by atoms with E-state index in [9.17, 15) is 0 Å². The third kappa shape index (κ3) is 6.91. The highest BCUT2D eigenvalue weighted by Gasteiger charge is 2.01. The van der Waals surface area contributed by atoms with E-state index in [1.165, 1.54) is 67.6 Å². The highest BCUT2D eigenvalue weighted by molar-refractivity contribution is 7.99. The van der Waals surface area contributed by atoms with E-state index < -0.39 is 0 Å². The van der Waals surface area contributed by atoms with Crippen molar-refractivity contribution in [2.75, 3.05) is 11.5 Å². The van der Waals surface area contributed by atoms with Crippen molar-refractivity contribution in [1.82, 2.24) is 0 Å². The van der Waals surface area contributed by atoms with E-state index in [4.69, 9.17) is 5.73 Å². The van der Waals surface area contributed by atoms with Gasteiger partial charge in [0.05, 0.1) is 0 Å². The average Bonchev–Trinajstić information content (AvgIpc) is 2.41. The maximum atomic E-state index is 6.07. The first kappa shape index (κ1) is 16.4. The monoisotopic (exact) mass is 279 g/mol. The highest BCUT2D eigenvalue weighted by Crippen LogP contribution is 2.28. The summed E-state index contributed by atoms with van der Waals surface area (Å²) in [7, 11) is 0. The Morgan fingerprint density at radius 3 is 2.26 bits per heavy atom. The van der Waals surface area contributed by atoms with Crippen molar-refractivity contribution in [2.45, 2.75) is 70.1 Å². The largest absolute Gasteiger partial charge is 0.398 e. The van der Waals surface area contributed by atoms with Gasteiger partial charge in [-0.2, -0.15) is 0 Å². The zero-order valence-corrected chi connectivity index (χ0v) is 13.4. The molecule has 0 saturated heterocycles. The summed E-state index contributed by atoms with van der Waals surface area (Å²) in [4.78, 5) is 1.25. The molecule has 0 fully saturated rings. The first-order chi connectivity index (χ1) is 9.25. The quantitative estimate of drug-likeness (QED) is 0.332. The number of nitrogens with two attached hydrogens (primary N) is 1. The van der Waals surface area contributed by atoms with Crippen molar-refractivity contribution in [3.63, 3.8) is 0 Å². The molecule has 0 radical (unpaired) electrons. The molecule has 0 unspecified atom stereocenters. The van der Waals surface area contributed by atoms with Crippen LogP contribution in [0.4, 0.5) is 5.69 Å². The van der Waals surface area contributed by atoms with Gasteiger partial charge < -0.3 is 5.73 Å². The summed E-state index contributed by atoms with van der Waals surface area (Å²) in [6, 6.07) is 6.31. The van der Waals surface area contributed by atoms with Crippen molar-refractivity contribution in [1.29, 1.82) is 0 Å². The van der Waals surface area contributed by atoms with Crippen LogP contribution in [0.1, 0.15) is 63.9 Å².